The van der Waals surface area contributed by atoms with Crippen molar-refractivity contribution in [2.24, 2.45) is 0 Å². The van der Waals surface area contributed by atoms with Gasteiger partial charge in [-0.05, 0) is 59.7 Å². The number of fused-ring (bicyclic) bond motifs is 2. The average molecular weight is 527 g/mol. The van der Waals surface area contributed by atoms with E-state index in [0.717, 1.165) is 32.7 Å². The molecule has 4 nitrogen and oxygen atoms in total. The zero-order chi connectivity index (χ0) is 27.6. The second-order valence-electron chi connectivity index (χ2n) is 9.60. The highest BCUT2D eigenvalue weighted by Gasteiger charge is 2.24. The molecule has 0 spiro atoms. The summed E-state index contributed by atoms with van der Waals surface area (Å²) in [5.41, 5.74) is 4.00. The Hall–Kier alpha value is -4.96. The Balaban J connectivity index is 1.74. The molecule has 0 radical (unpaired) electrons. The molecule has 0 amide bonds. The van der Waals surface area contributed by atoms with E-state index in [2.05, 4.69) is 0 Å². The van der Waals surface area contributed by atoms with Gasteiger partial charge in [0, 0.05) is 33.4 Å². The Kier molecular flexibility index (Phi) is 6.75. The van der Waals surface area contributed by atoms with Crippen molar-refractivity contribution >= 4 is 21.5 Å². The van der Waals surface area contributed by atoms with Crippen LogP contribution < -0.4 is 9.47 Å². The molecule has 0 aromatic heterocycles. The summed E-state index contributed by atoms with van der Waals surface area (Å²) >= 11 is 0. The van der Waals surface area contributed by atoms with E-state index in [4.69, 9.17) is 9.47 Å². The first-order valence-corrected chi connectivity index (χ1v) is 13.6. The summed E-state index contributed by atoms with van der Waals surface area (Å²) in [6.07, 6.45) is 0. The topological polar surface area (TPSA) is 58.9 Å². The van der Waals surface area contributed by atoms with Gasteiger partial charge in [-0.25, -0.2) is 0 Å². The molecule has 40 heavy (non-hydrogen) atoms. The van der Waals surface area contributed by atoms with Crippen LogP contribution >= 0.6 is 0 Å². The molecule has 0 fully saturated rings. The van der Waals surface area contributed by atoms with Crippen molar-refractivity contribution in [3.63, 3.8) is 0 Å². The highest BCUT2D eigenvalue weighted by atomic mass is 16.5. The van der Waals surface area contributed by atoms with Crippen LogP contribution in [0.25, 0.3) is 54.9 Å². The van der Waals surface area contributed by atoms with Crippen molar-refractivity contribution in [3.05, 3.63) is 109 Å². The Morgan fingerprint density at radius 1 is 0.475 bits per heavy atom. The molecular weight excluding hydrogens is 496 g/mol. The lowest BCUT2D eigenvalue weighted by Gasteiger charge is -2.21. The van der Waals surface area contributed by atoms with Crippen LogP contribution in [0.3, 0.4) is 0 Å². The van der Waals surface area contributed by atoms with Gasteiger partial charge in [0.25, 0.3) is 0 Å². The Labute approximate surface area is 233 Å². The maximum absolute atomic E-state index is 12.1. The monoisotopic (exact) mass is 526 g/mol. The van der Waals surface area contributed by atoms with Gasteiger partial charge < -0.3 is 19.7 Å². The fourth-order valence-electron chi connectivity index (χ4n) is 5.53. The molecule has 0 saturated carbocycles. The normalized spacial score (nSPS) is 11.2. The lowest BCUT2D eigenvalue weighted by molar-refractivity contribution is 0.341. The third-order valence-corrected chi connectivity index (χ3v) is 7.25. The minimum Gasteiger partial charge on any atom is -0.507 e. The van der Waals surface area contributed by atoms with Gasteiger partial charge in [0.1, 0.15) is 23.0 Å². The first-order chi connectivity index (χ1) is 19.6. The maximum Gasteiger partial charge on any atom is 0.132 e. The van der Waals surface area contributed by atoms with Crippen LogP contribution in [0.4, 0.5) is 0 Å². The summed E-state index contributed by atoms with van der Waals surface area (Å²) in [4.78, 5) is 0. The first-order valence-electron chi connectivity index (χ1n) is 13.6. The summed E-state index contributed by atoms with van der Waals surface area (Å²) in [6.45, 7) is 4.90. The van der Waals surface area contributed by atoms with Crippen molar-refractivity contribution in [1.29, 1.82) is 0 Å². The summed E-state index contributed by atoms with van der Waals surface area (Å²) in [5.74, 6) is 1.55. The molecule has 0 unspecified atom stereocenters. The third kappa shape index (κ3) is 4.28. The lowest BCUT2D eigenvalue weighted by atomic mass is 9.86. The predicted octanol–water partition coefficient (Wildman–Crippen LogP) is 9.20. The summed E-state index contributed by atoms with van der Waals surface area (Å²) in [5, 5.41) is 27.7. The van der Waals surface area contributed by atoms with E-state index in [1.165, 1.54) is 0 Å². The van der Waals surface area contributed by atoms with Crippen LogP contribution in [0.1, 0.15) is 13.8 Å². The molecule has 2 N–H and O–H groups in total. The molecule has 6 aromatic rings. The van der Waals surface area contributed by atoms with E-state index in [0.29, 0.717) is 47.0 Å². The van der Waals surface area contributed by atoms with Gasteiger partial charge in [-0.1, -0.05) is 84.9 Å². The van der Waals surface area contributed by atoms with Crippen molar-refractivity contribution in [1.82, 2.24) is 0 Å². The Morgan fingerprint density at radius 3 is 1.27 bits per heavy atom. The summed E-state index contributed by atoms with van der Waals surface area (Å²) in [6, 6.07) is 35.3. The first kappa shape index (κ1) is 25.3. The molecule has 0 heterocycles. The number of phenols is 2. The van der Waals surface area contributed by atoms with Gasteiger partial charge >= 0.3 is 0 Å². The number of hydrogen-bond donors (Lipinski definition) is 2. The van der Waals surface area contributed by atoms with Crippen LogP contribution in [-0.4, -0.2) is 23.4 Å². The smallest absolute Gasteiger partial charge is 0.132 e. The van der Waals surface area contributed by atoms with E-state index in [9.17, 15) is 10.2 Å². The number of ether oxygens (including phenoxy) is 2. The molecule has 0 saturated heterocycles. The fraction of sp³-hybridized carbons (Fsp3) is 0.111. The predicted molar refractivity (Wildman–Crippen MR) is 163 cm³/mol. The highest BCUT2D eigenvalue weighted by Crippen LogP contribution is 2.52. The van der Waals surface area contributed by atoms with E-state index < -0.39 is 0 Å². The van der Waals surface area contributed by atoms with Gasteiger partial charge in [0.05, 0.1) is 13.2 Å². The Bertz CT molecular complexity index is 1720. The number of benzene rings is 6. The lowest BCUT2D eigenvalue weighted by Crippen LogP contribution is -1.96. The van der Waals surface area contributed by atoms with E-state index >= 15 is 0 Å². The molecule has 0 bridgehead atoms. The number of phenolic OH excluding ortho intramolecular Hbond substituents is 2. The molecule has 198 valence electrons. The number of hydrogen-bond acceptors (Lipinski definition) is 4. The van der Waals surface area contributed by atoms with Crippen LogP contribution in [0.5, 0.6) is 23.0 Å². The minimum atomic E-state index is 0.0848. The molecule has 6 aromatic carbocycles. The molecular formula is C36H30O4. The standard InChI is InChI=1S/C36H30O4/c1-3-39-31-19-11-9-17-27(31)29-21-23-13-5-7-15-25(23)33(35(29)37)34-26-16-8-6-14-24(26)22-30(36(34)38)28-18-10-12-20-32(28)40-4-2/h5-22,37-38H,3-4H2,1-2H3. The molecule has 0 atom stereocenters. The van der Waals surface area contributed by atoms with Crippen molar-refractivity contribution in [2.45, 2.75) is 13.8 Å². The van der Waals surface area contributed by atoms with Crippen molar-refractivity contribution in [2.75, 3.05) is 13.2 Å². The maximum atomic E-state index is 12.1. The van der Waals surface area contributed by atoms with Gasteiger partial charge in [-0.2, -0.15) is 0 Å². The fourth-order valence-corrected chi connectivity index (χ4v) is 5.53. The van der Waals surface area contributed by atoms with E-state index in [1.54, 1.807) is 0 Å². The van der Waals surface area contributed by atoms with Gasteiger partial charge in [0.15, 0.2) is 0 Å². The minimum absolute atomic E-state index is 0.0848. The largest absolute Gasteiger partial charge is 0.507 e. The number of para-hydroxylation sites is 2. The zero-order valence-electron chi connectivity index (χ0n) is 22.5. The van der Waals surface area contributed by atoms with E-state index in [-0.39, 0.29) is 11.5 Å². The quantitative estimate of drug-likeness (QED) is 0.218. The summed E-state index contributed by atoms with van der Waals surface area (Å²) in [7, 11) is 0. The van der Waals surface area contributed by atoms with Gasteiger partial charge in [0.2, 0.25) is 0 Å². The van der Waals surface area contributed by atoms with Crippen LogP contribution in [0, 0.1) is 0 Å². The average Bonchev–Trinajstić information content (AvgIpc) is 2.98. The van der Waals surface area contributed by atoms with Crippen LogP contribution in [-0.2, 0) is 0 Å². The summed E-state index contributed by atoms with van der Waals surface area (Å²) < 4.78 is 11.9. The van der Waals surface area contributed by atoms with Gasteiger partial charge in [-0.15, -0.1) is 0 Å². The molecule has 4 heteroatoms. The zero-order valence-corrected chi connectivity index (χ0v) is 22.5. The second-order valence-corrected chi connectivity index (χ2v) is 9.60. The third-order valence-electron chi connectivity index (χ3n) is 7.25. The van der Waals surface area contributed by atoms with Crippen LogP contribution in [0.15, 0.2) is 109 Å². The molecule has 6 rings (SSSR count). The molecule has 0 aliphatic heterocycles. The van der Waals surface area contributed by atoms with Gasteiger partial charge in [-0.3, -0.25) is 0 Å². The number of rotatable bonds is 7. The van der Waals surface area contributed by atoms with E-state index in [1.807, 2.05) is 123 Å². The molecule has 0 aliphatic rings. The molecule has 0 aliphatic carbocycles. The second kappa shape index (κ2) is 10.7. The SMILES string of the molecule is CCOc1ccccc1-c1cc2ccccc2c(-c2c(O)c(-c3ccccc3OCC)cc3ccccc23)c1O. The highest BCUT2D eigenvalue weighted by molar-refractivity contribution is 6.14. The van der Waals surface area contributed by atoms with Crippen LogP contribution in [0.2, 0.25) is 0 Å². The number of aromatic hydroxyl groups is 2. The van der Waals surface area contributed by atoms with Crippen molar-refractivity contribution in [3.8, 4) is 56.4 Å². The Morgan fingerprint density at radius 2 is 0.850 bits per heavy atom. The van der Waals surface area contributed by atoms with Crippen molar-refractivity contribution < 1.29 is 19.7 Å².